The Morgan fingerprint density at radius 1 is 1.29 bits per heavy atom. The first kappa shape index (κ1) is 17.4. The third-order valence-corrected chi connectivity index (χ3v) is 4.29. The number of nitrogens with zero attached hydrogens (tertiary/aromatic N) is 2. The smallest absolute Gasteiger partial charge is 0.293 e. The average Bonchev–Trinajstić information content (AvgIpc) is 2.54. The molecule has 2 aromatic rings. The Hall–Kier alpha value is -2.96. The van der Waals surface area contributed by atoms with Crippen LogP contribution in [0.1, 0.15) is 24.1 Å². The van der Waals surface area contributed by atoms with Crippen molar-refractivity contribution >= 4 is 21.4 Å². The Bertz CT molecular complexity index is 935. The van der Waals surface area contributed by atoms with Gasteiger partial charge in [0, 0.05) is 12.1 Å². The molecule has 0 bridgehead atoms. The van der Waals surface area contributed by atoms with Crippen molar-refractivity contribution in [3.63, 3.8) is 0 Å². The van der Waals surface area contributed by atoms with E-state index in [-0.39, 0.29) is 21.8 Å². The summed E-state index contributed by atoms with van der Waals surface area (Å²) >= 11 is 0. The summed E-state index contributed by atoms with van der Waals surface area (Å²) in [5, 5.41) is 28.1. The summed E-state index contributed by atoms with van der Waals surface area (Å²) in [7, 11) is -3.83. The topological polar surface area (TPSA) is 139 Å². The van der Waals surface area contributed by atoms with Crippen molar-refractivity contribution in [3.05, 3.63) is 63.7 Å². The zero-order valence-corrected chi connectivity index (χ0v) is 13.4. The van der Waals surface area contributed by atoms with Crippen molar-refractivity contribution in [2.45, 2.75) is 17.9 Å². The van der Waals surface area contributed by atoms with Gasteiger partial charge in [0.25, 0.3) is 5.69 Å². The van der Waals surface area contributed by atoms with E-state index in [9.17, 15) is 18.5 Å². The van der Waals surface area contributed by atoms with Crippen molar-refractivity contribution in [3.8, 4) is 6.07 Å². The molecule has 2 aromatic carbocycles. The van der Waals surface area contributed by atoms with E-state index in [1.165, 1.54) is 30.3 Å². The Morgan fingerprint density at radius 3 is 2.58 bits per heavy atom. The van der Waals surface area contributed by atoms with Gasteiger partial charge in [0.1, 0.15) is 5.69 Å². The second-order valence-corrected chi connectivity index (χ2v) is 6.65. The van der Waals surface area contributed by atoms with Crippen LogP contribution in [0.3, 0.4) is 0 Å². The predicted octanol–water partition coefficient (Wildman–Crippen LogP) is 2.29. The third kappa shape index (κ3) is 3.87. The van der Waals surface area contributed by atoms with Crippen LogP contribution in [0, 0.1) is 21.4 Å². The number of anilines is 1. The van der Waals surface area contributed by atoms with Crippen LogP contribution in [0.15, 0.2) is 47.4 Å². The number of rotatable bonds is 5. The van der Waals surface area contributed by atoms with E-state index in [2.05, 4.69) is 5.32 Å². The standard InChI is InChI=1S/C15H14N4O4S/c1-10(12-3-2-4-13(8-12)24(17,22)23)18-14-6-5-11(9-16)7-15(14)19(20)21/h2-8,10,18H,1H3,(H2,17,22,23). The van der Waals surface area contributed by atoms with Gasteiger partial charge in [-0.15, -0.1) is 0 Å². The number of nitriles is 1. The molecule has 0 aliphatic rings. The maximum Gasteiger partial charge on any atom is 0.293 e. The molecule has 8 nitrogen and oxygen atoms in total. The highest BCUT2D eigenvalue weighted by atomic mass is 32.2. The number of hydrogen-bond donors (Lipinski definition) is 2. The molecule has 24 heavy (non-hydrogen) atoms. The van der Waals surface area contributed by atoms with E-state index in [1.54, 1.807) is 19.1 Å². The quantitative estimate of drug-likeness (QED) is 0.629. The SMILES string of the molecule is CC(Nc1ccc(C#N)cc1[N+](=O)[O-])c1cccc(S(N)(=O)=O)c1. The van der Waals surface area contributed by atoms with Gasteiger partial charge in [-0.1, -0.05) is 12.1 Å². The van der Waals surface area contributed by atoms with Crippen molar-refractivity contribution in [2.24, 2.45) is 5.14 Å². The minimum Gasteiger partial charge on any atom is -0.373 e. The molecule has 0 spiro atoms. The van der Waals surface area contributed by atoms with Crippen LogP contribution < -0.4 is 10.5 Å². The van der Waals surface area contributed by atoms with E-state index in [0.29, 0.717) is 5.56 Å². The van der Waals surface area contributed by atoms with Crippen LogP contribution in [0.2, 0.25) is 0 Å². The zero-order chi connectivity index (χ0) is 17.9. The lowest BCUT2D eigenvalue weighted by atomic mass is 10.1. The highest BCUT2D eigenvalue weighted by molar-refractivity contribution is 7.89. The number of nitro benzene ring substituents is 1. The van der Waals surface area contributed by atoms with Crippen LogP contribution in [-0.2, 0) is 10.0 Å². The molecule has 0 aromatic heterocycles. The van der Waals surface area contributed by atoms with Gasteiger partial charge in [-0.2, -0.15) is 5.26 Å². The number of nitrogens with two attached hydrogens (primary N) is 1. The van der Waals surface area contributed by atoms with Crippen LogP contribution >= 0.6 is 0 Å². The predicted molar refractivity (Wildman–Crippen MR) is 87.7 cm³/mol. The van der Waals surface area contributed by atoms with Gasteiger partial charge in [-0.25, -0.2) is 13.6 Å². The molecule has 0 heterocycles. The van der Waals surface area contributed by atoms with Gasteiger partial charge >= 0.3 is 0 Å². The molecule has 0 saturated heterocycles. The molecule has 0 amide bonds. The third-order valence-electron chi connectivity index (χ3n) is 3.38. The van der Waals surface area contributed by atoms with Gasteiger partial charge < -0.3 is 5.32 Å². The lowest BCUT2D eigenvalue weighted by Crippen LogP contribution is -2.14. The maximum absolute atomic E-state index is 11.4. The van der Waals surface area contributed by atoms with Gasteiger partial charge in [0.15, 0.2) is 0 Å². The first-order valence-electron chi connectivity index (χ1n) is 6.80. The van der Waals surface area contributed by atoms with Crippen LogP contribution in [0.5, 0.6) is 0 Å². The largest absolute Gasteiger partial charge is 0.373 e. The normalized spacial score (nSPS) is 12.2. The Kier molecular flexibility index (Phi) is 4.82. The molecule has 0 aliphatic carbocycles. The minimum atomic E-state index is -3.83. The van der Waals surface area contributed by atoms with E-state index in [0.717, 1.165) is 0 Å². The highest BCUT2D eigenvalue weighted by Gasteiger charge is 2.18. The zero-order valence-electron chi connectivity index (χ0n) is 12.6. The first-order chi connectivity index (χ1) is 11.2. The first-order valence-corrected chi connectivity index (χ1v) is 8.35. The lowest BCUT2D eigenvalue weighted by molar-refractivity contribution is -0.384. The van der Waals surface area contributed by atoms with Gasteiger partial charge in [-0.3, -0.25) is 10.1 Å². The summed E-state index contributed by atoms with van der Waals surface area (Å²) in [5.74, 6) is 0. The average molecular weight is 346 g/mol. The molecule has 9 heteroatoms. The van der Waals surface area contributed by atoms with Gasteiger partial charge in [0.2, 0.25) is 10.0 Å². The van der Waals surface area contributed by atoms with Crippen molar-refractivity contribution < 1.29 is 13.3 Å². The van der Waals surface area contributed by atoms with Crippen LogP contribution in [0.25, 0.3) is 0 Å². The number of sulfonamides is 1. The number of benzene rings is 2. The van der Waals surface area contributed by atoms with Gasteiger partial charge in [0.05, 0.1) is 21.5 Å². The summed E-state index contributed by atoms with van der Waals surface area (Å²) in [6.45, 7) is 1.73. The Morgan fingerprint density at radius 2 is 2.00 bits per heavy atom. The van der Waals surface area contributed by atoms with Crippen LogP contribution in [-0.4, -0.2) is 13.3 Å². The van der Waals surface area contributed by atoms with E-state index in [1.807, 2.05) is 6.07 Å². The second-order valence-electron chi connectivity index (χ2n) is 5.08. The molecule has 124 valence electrons. The van der Waals surface area contributed by atoms with Crippen molar-refractivity contribution in [1.29, 1.82) is 5.26 Å². The molecule has 0 aliphatic heterocycles. The molecule has 3 N–H and O–H groups in total. The molecule has 0 fully saturated rings. The summed E-state index contributed by atoms with van der Waals surface area (Å²) < 4.78 is 22.8. The summed E-state index contributed by atoms with van der Waals surface area (Å²) in [4.78, 5) is 10.5. The summed E-state index contributed by atoms with van der Waals surface area (Å²) in [5.41, 5.74) is 0.771. The molecular formula is C15H14N4O4S. The van der Waals surface area contributed by atoms with E-state index in [4.69, 9.17) is 10.4 Å². The maximum atomic E-state index is 11.4. The fourth-order valence-electron chi connectivity index (χ4n) is 2.15. The summed E-state index contributed by atoms with van der Waals surface area (Å²) in [6.07, 6.45) is 0. The number of hydrogen-bond acceptors (Lipinski definition) is 6. The van der Waals surface area contributed by atoms with Crippen molar-refractivity contribution in [2.75, 3.05) is 5.32 Å². The molecular weight excluding hydrogens is 332 g/mol. The monoisotopic (exact) mass is 346 g/mol. The van der Waals surface area contributed by atoms with Crippen LogP contribution in [0.4, 0.5) is 11.4 Å². The molecule has 1 atom stereocenters. The second kappa shape index (κ2) is 6.66. The highest BCUT2D eigenvalue weighted by Crippen LogP contribution is 2.29. The fourth-order valence-corrected chi connectivity index (χ4v) is 2.72. The lowest BCUT2D eigenvalue weighted by Gasteiger charge is -2.16. The van der Waals surface area contributed by atoms with Crippen molar-refractivity contribution in [1.82, 2.24) is 0 Å². The number of primary sulfonamides is 1. The molecule has 1 unspecified atom stereocenters. The molecule has 0 radical (unpaired) electrons. The molecule has 2 rings (SSSR count). The fraction of sp³-hybridized carbons (Fsp3) is 0.133. The van der Waals surface area contributed by atoms with Gasteiger partial charge in [-0.05, 0) is 36.8 Å². The minimum absolute atomic E-state index is 0.0389. The Balaban J connectivity index is 2.35. The molecule has 0 saturated carbocycles. The Labute approximate surface area is 138 Å². The number of nitrogens with one attached hydrogen (secondary N) is 1. The van der Waals surface area contributed by atoms with E-state index < -0.39 is 21.0 Å². The summed E-state index contributed by atoms with van der Waals surface area (Å²) in [6, 6.07) is 11.5. The van der Waals surface area contributed by atoms with E-state index >= 15 is 0 Å². The number of nitro groups is 1.